The van der Waals surface area contributed by atoms with Crippen LogP contribution in [0.2, 0.25) is 0 Å². The Morgan fingerprint density at radius 3 is 2.54 bits per heavy atom. The van der Waals surface area contributed by atoms with Gasteiger partial charge < -0.3 is 14.2 Å². The number of hydrogen-bond donors (Lipinski definition) is 1. The number of nitrogens with zero attached hydrogens (tertiary/aromatic N) is 1. The maximum atomic E-state index is 12.9. The van der Waals surface area contributed by atoms with Crippen LogP contribution in [0.15, 0.2) is 65.9 Å². The molecule has 0 unspecified atom stereocenters. The molecule has 4 rings (SSSR count). The van der Waals surface area contributed by atoms with Crippen molar-refractivity contribution in [1.29, 1.82) is 0 Å². The largest absolute Gasteiger partial charge is 0.459 e. The van der Waals surface area contributed by atoms with Crippen molar-refractivity contribution in [3.05, 3.63) is 47.1 Å². The number of halogens is 1. The third-order valence-corrected chi connectivity index (χ3v) is 5.83. The molecule has 1 aliphatic rings. The fourth-order valence-electron chi connectivity index (χ4n) is 2.22. The van der Waals surface area contributed by atoms with E-state index in [9.17, 15) is 8.42 Å². The van der Waals surface area contributed by atoms with Crippen LogP contribution in [0.1, 0.15) is 12.8 Å². The number of rotatable bonds is 5. The van der Waals surface area contributed by atoms with Crippen molar-refractivity contribution in [1.82, 2.24) is 4.98 Å². The van der Waals surface area contributed by atoms with Crippen molar-refractivity contribution >= 4 is 31.7 Å². The maximum Gasteiger partial charge on any atom is 0.266 e. The molecule has 124 valence electrons. The maximum absolute atomic E-state index is 12.9. The topological polar surface area (TPSA) is 85.3 Å². The molecule has 1 fully saturated rings. The summed E-state index contributed by atoms with van der Waals surface area (Å²) in [6, 6.07) is 9.99. The molecular formula is C16H13BrN2O4S. The minimum atomic E-state index is -3.80. The second kappa shape index (κ2) is 5.78. The molecule has 2 aromatic heterocycles. The highest BCUT2D eigenvalue weighted by molar-refractivity contribution is 9.10. The molecule has 0 bridgehead atoms. The lowest BCUT2D eigenvalue weighted by Gasteiger charge is -2.04. The fourth-order valence-corrected chi connectivity index (χ4v) is 3.75. The minimum absolute atomic E-state index is 0.122. The van der Waals surface area contributed by atoms with E-state index in [1.807, 2.05) is 0 Å². The normalized spacial score (nSPS) is 14.7. The molecular weight excluding hydrogens is 396 g/mol. The second-order valence-corrected chi connectivity index (χ2v) is 8.29. The smallest absolute Gasteiger partial charge is 0.266 e. The first kappa shape index (κ1) is 15.5. The van der Waals surface area contributed by atoms with E-state index >= 15 is 0 Å². The van der Waals surface area contributed by atoms with Crippen LogP contribution < -0.4 is 5.32 Å². The molecule has 0 radical (unpaired) electrons. The van der Waals surface area contributed by atoms with Gasteiger partial charge in [-0.25, -0.2) is 8.42 Å². The first-order chi connectivity index (χ1) is 11.5. The van der Waals surface area contributed by atoms with Gasteiger partial charge in [-0.15, -0.1) is 0 Å². The van der Waals surface area contributed by atoms with Gasteiger partial charge >= 0.3 is 0 Å². The Kier molecular flexibility index (Phi) is 3.73. The zero-order valence-corrected chi connectivity index (χ0v) is 14.8. The van der Waals surface area contributed by atoms with Gasteiger partial charge in [0, 0.05) is 10.5 Å². The van der Waals surface area contributed by atoms with E-state index in [1.165, 1.54) is 18.4 Å². The summed E-state index contributed by atoms with van der Waals surface area (Å²) in [7, 11) is -3.80. The summed E-state index contributed by atoms with van der Waals surface area (Å²) in [5, 5.41) is 2.97. The first-order valence-electron chi connectivity index (χ1n) is 7.36. The quantitative estimate of drug-likeness (QED) is 0.683. The molecule has 2 heterocycles. The Bertz CT molecular complexity index is 958. The van der Waals surface area contributed by atoms with Crippen molar-refractivity contribution in [2.75, 3.05) is 5.32 Å². The Labute approximate surface area is 146 Å². The van der Waals surface area contributed by atoms with Crippen molar-refractivity contribution in [2.24, 2.45) is 0 Å². The van der Waals surface area contributed by atoms with Crippen LogP contribution in [-0.4, -0.2) is 19.4 Å². The van der Waals surface area contributed by atoms with E-state index in [4.69, 9.17) is 8.83 Å². The van der Waals surface area contributed by atoms with Crippen LogP contribution in [0.3, 0.4) is 0 Å². The SMILES string of the molecule is O=S(=O)(c1ccc(Br)cc1)c1nc(-c2ccco2)oc1NC1CC1. The minimum Gasteiger partial charge on any atom is -0.459 e. The summed E-state index contributed by atoms with van der Waals surface area (Å²) >= 11 is 3.30. The fraction of sp³-hybridized carbons (Fsp3) is 0.188. The molecule has 1 N–H and O–H groups in total. The lowest BCUT2D eigenvalue weighted by atomic mass is 10.4. The molecule has 6 nitrogen and oxygen atoms in total. The zero-order valence-electron chi connectivity index (χ0n) is 12.4. The third kappa shape index (κ3) is 2.87. The highest BCUT2D eigenvalue weighted by Gasteiger charge is 2.32. The number of sulfone groups is 1. The Morgan fingerprint density at radius 1 is 1.17 bits per heavy atom. The summed E-state index contributed by atoms with van der Waals surface area (Å²) in [5.74, 6) is 0.678. The number of furan rings is 1. The number of oxazole rings is 1. The molecule has 0 amide bonds. The van der Waals surface area contributed by atoms with Gasteiger partial charge in [0.2, 0.25) is 20.7 Å². The van der Waals surface area contributed by atoms with Crippen LogP contribution in [0.5, 0.6) is 0 Å². The predicted molar refractivity (Wildman–Crippen MR) is 90.4 cm³/mol. The number of benzene rings is 1. The lowest BCUT2D eigenvalue weighted by molar-refractivity contribution is 0.522. The molecule has 0 saturated heterocycles. The first-order valence-corrected chi connectivity index (χ1v) is 9.63. The highest BCUT2D eigenvalue weighted by atomic mass is 79.9. The predicted octanol–water partition coefficient (Wildman–Crippen LogP) is 4.10. The average Bonchev–Trinajstić information content (AvgIpc) is 3.04. The van der Waals surface area contributed by atoms with Crippen LogP contribution in [0, 0.1) is 0 Å². The van der Waals surface area contributed by atoms with Crippen LogP contribution in [0.25, 0.3) is 11.7 Å². The van der Waals surface area contributed by atoms with Crippen LogP contribution in [-0.2, 0) is 9.84 Å². The lowest BCUT2D eigenvalue weighted by Crippen LogP contribution is -2.08. The van der Waals surface area contributed by atoms with Gasteiger partial charge in [0.15, 0.2) is 5.76 Å². The van der Waals surface area contributed by atoms with E-state index in [-0.39, 0.29) is 27.7 Å². The molecule has 1 saturated carbocycles. The summed E-state index contributed by atoms with van der Waals surface area (Å²) in [6.07, 6.45) is 3.44. The summed E-state index contributed by atoms with van der Waals surface area (Å²) < 4.78 is 37.6. The van der Waals surface area contributed by atoms with Gasteiger partial charge in [-0.2, -0.15) is 4.98 Å². The second-order valence-electron chi connectivity index (χ2n) is 5.51. The standard InChI is InChI=1S/C16H13BrN2O4S/c17-10-3-7-12(8-4-10)24(20,21)16-15(18-11-5-6-11)23-14(19-16)13-2-1-9-22-13/h1-4,7-9,11,18H,5-6H2. The monoisotopic (exact) mass is 408 g/mol. The molecule has 24 heavy (non-hydrogen) atoms. The molecule has 3 aromatic rings. The summed E-state index contributed by atoms with van der Waals surface area (Å²) in [4.78, 5) is 4.34. The Hall–Kier alpha value is -2.06. The number of nitrogens with one attached hydrogen (secondary N) is 1. The number of anilines is 1. The van der Waals surface area contributed by atoms with E-state index < -0.39 is 9.84 Å². The Balaban J connectivity index is 1.81. The summed E-state index contributed by atoms with van der Waals surface area (Å²) in [5.41, 5.74) is 0. The van der Waals surface area contributed by atoms with Gasteiger partial charge in [-0.05, 0) is 49.2 Å². The number of aromatic nitrogens is 1. The van der Waals surface area contributed by atoms with Crippen LogP contribution in [0.4, 0.5) is 5.88 Å². The van der Waals surface area contributed by atoms with E-state index in [2.05, 4.69) is 26.2 Å². The van der Waals surface area contributed by atoms with E-state index in [0.717, 1.165) is 17.3 Å². The average molecular weight is 409 g/mol. The molecule has 0 aliphatic heterocycles. The highest BCUT2D eigenvalue weighted by Crippen LogP contribution is 2.35. The third-order valence-electron chi connectivity index (χ3n) is 3.62. The van der Waals surface area contributed by atoms with Gasteiger partial charge in [0.05, 0.1) is 11.2 Å². The van der Waals surface area contributed by atoms with E-state index in [0.29, 0.717) is 5.76 Å². The van der Waals surface area contributed by atoms with Crippen molar-refractivity contribution in [3.63, 3.8) is 0 Å². The van der Waals surface area contributed by atoms with Crippen molar-refractivity contribution in [3.8, 4) is 11.7 Å². The van der Waals surface area contributed by atoms with Gasteiger partial charge in [0.25, 0.3) is 5.89 Å². The van der Waals surface area contributed by atoms with E-state index in [1.54, 1.807) is 24.3 Å². The zero-order chi connectivity index (χ0) is 16.7. The molecule has 0 atom stereocenters. The van der Waals surface area contributed by atoms with Gasteiger partial charge in [-0.3, -0.25) is 0 Å². The van der Waals surface area contributed by atoms with Gasteiger partial charge in [0.1, 0.15) is 0 Å². The van der Waals surface area contributed by atoms with Crippen molar-refractivity contribution < 1.29 is 17.3 Å². The molecule has 1 aliphatic carbocycles. The Morgan fingerprint density at radius 2 is 1.92 bits per heavy atom. The van der Waals surface area contributed by atoms with Gasteiger partial charge in [-0.1, -0.05) is 15.9 Å². The summed E-state index contributed by atoms with van der Waals surface area (Å²) in [6.45, 7) is 0. The molecule has 1 aromatic carbocycles. The van der Waals surface area contributed by atoms with Crippen LogP contribution >= 0.6 is 15.9 Å². The molecule has 0 spiro atoms. The number of hydrogen-bond acceptors (Lipinski definition) is 6. The van der Waals surface area contributed by atoms with Crippen molar-refractivity contribution in [2.45, 2.75) is 28.8 Å². The molecule has 8 heteroatoms.